The Balaban J connectivity index is 1.81. The van der Waals surface area contributed by atoms with E-state index in [9.17, 15) is 10.0 Å². The minimum atomic E-state index is -0.327. The summed E-state index contributed by atoms with van der Waals surface area (Å²) in [6.07, 6.45) is 5.72. The second-order valence-corrected chi connectivity index (χ2v) is 6.36. The SMILES string of the molecule is Cc1ccc(C(=O)C2CC3=CC=CN(O)C3=Nc3ccccc32)cc1. The van der Waals surface area contributed by atoms with Gasteiger partial charge >= 0.3 is 0 Å². The third-order valence-corrected chi connectivity index (χ3v) is 4.64. The molecule has 0 radical (unpaired) electrons. The zero-order valence-electron chi connectivity index (χ0n) is 13.9. The molecule has 124 valence electrons. The normalized spacial score (nSPS) is 18.6. The van der Waals surface area contributed by atoms with Crippen LogP contribution in [0.2, 0.25) is 0 Å². The number of aliphatic imine (C=N–C) groups is 1. The van der Waals surface area contributed by atoms with E-state index in [4.69, 9.17) is 0 Å². The van der Waals surface area contributed by atoms with Gasteiger partial charge in [0.05, 0.1) is 11.6 Å². The van der Waals surface area contributed by atoms with Crippen molar-refractivity contribution in [2.24, 2.45) is 4.99 Å². The number of nitrogens with zero attached hydrogens (tertiary/aromatic N) is 2. The molecule has 0 saturated heterocycles. The summed E-state index contributed by atoms with van der Waals surface area (Å²) < 4.78 is 0. The second-order valence-electron chi connectivity index (χ2n) is 6.36. The lowest BCUT2D eigenvalue weighted by atomic mass is 9.84. The fraction of sp³-hybridized carbons (Fsp3) is 0.143. The topological polar surface area (TPSA) is 52.9 Å². The van der Waals surface area contributed by atoms with Crippen LogP contribution in [-0.2, 0) is 0 Å². The molecule has 0 amide bonds. The maximum absolute atomic E-state index is 13.2. The molecule has 2 aliphatic rings. The van der Waals surface area contributed by atoms with Gasteiger partial charge in [-0.25, -0.2) is 10.1 Å². The number of rotatable bonds is 2. The molecule has 25 heavy (non-hydrogen) atoms. The third-order valence-electron chi connectivity index (χ3n) is 4.64. The maximum Gasteiger partial charge on any atom is 0.170 e. The second kappa shape index (κ2) is 6.15. The molecule has 4 rings (SSSR count). The van der Waals surface area contributed by atoms with E-state index in [0.717, 1.165) is 27.5 Å². The van der Waals surface area contributed by atoms with Gasteiger partial charge in [-0.05, 0) is 36.6 Å². The summed E-state index contributed by atoms with van der Waals surface area (Å²) in [5.74, 6) is 0.226. The minimum absolute atomic E-state index is 0.0730. The minimum Gasteiger partial charge on any atom is -0.293 e. The molecule has 0 fully saturated rings. The van der Waals surface area contributed by atoms with E-state index in [-0.39, 0.29) is 11.7 Å². The number of hydrogen-bond acceptors (Lipinski definition) is 4. The number of aryl methyl sites for hydroxylation is 1. The summed E-state index contributed by atoms with van der Waals surface area (Å²) in [6, 6.07) is 15.3. The maximum atomic E-state index is 13.2. The Labute approximate surface area is 146 Å². The van der Waals surface area contributed by atoms with Crippen LogP contribution in [0.1, 0.15) is 33.8 Å². The summed E-state index contributed by atoms with van der Waals surface area (Å²) in [5.41, 5.74) is 4.29. The molecule has 4 heteroatoms. The summed E-state index contributed by atoms with van der Waals surface area (Å²) in [7, 11) is 0. The Kier molecular flexibility index (Phi) is 3.82. The highest BCUT2D eigenvalue weighted by atomic mass is 16.5. The lowest BCUT2D eigenvalue weighted by Gasteiger charge is -2.21. The Morgan fingerprint density at radius 3 is 2.72 bits per heavy atom. The first kappa shape index (κ1) is 15.5. The molecule has 2 aromatic carbocycles. The Morgan fingerprint density at radius 2 is 1.92 bits per heavy atom. The van der Waals surface area contributed by atoms with E-state index in [1.165, 1.54) is 0 Å². The molecule has 0 aliphatic carbocycles. The molecule has 2 aliphatic heterocycles. The Bertz CT molecular complexity index is 923. The van der Waals surface area contributed by atoms with Gasteiger partial charge in [-0.1, -0.05) is 54.1 Å². The van der Waals surface area contributed by atoms with Gasteiger partial charge < -0.3 is 0 Å². The van der Waals surface area contributed by atoms with Crippen molar-refractivity contribution in [2.75, 3.05) is 0 Å². The van der Waals surface area contributed by atoms with E-state index in [1.807, 2.05) is 61.5 Å². The predicted molar refractivity (Wildman–Crippen MR) is 97.3 cm³/mol. The van der Waals surface area contributed by atoms with Gasteiger partial charge in [0, 0.05) is 11.8 Å². The number of para-hydroxylation sites is 1. The first-order valence-electron chi connectivity index (χ1n) is 8.28. The van der Waals surface area contributed by atoms with Crippen LogP contribution in [-0.4, -0.2) is 21.9 Å². The van der Waals surface area contributed by atoms with Crippen LogP contribution >= 0.6 is 0 Å². The molecule has 1 unspecified atom stereocenters. The van der Waals surface area contributed by atoms with E-state index in [2.05, 4.69) is 4.99 Å². The highest BCUT2D eigenvalue weighted by Gasteiger charge is 2.31. The molecule has 2 aromatic rings. The summed E-state index contributed by atoms with van der Waals surface area (Å²) in [5, 5.41) is 11.1. The van der Waals surface area contributed by atoms with Crippen molar-refractivity contribution in [1.29, 1.82) is 0 Å². The molecule has 0 spiro atoms. The molecule has 0 bridgehead atoms. The molecule has 0 aromatic heterocycles. The first-order valence-corrected chi connectivity index (χ1v) is 8.28. The van der Waals surface area contributed by atoms with Crippen molar-refractivity contribution < 1.29 is 10.0 Å². The number of ketones is 1. The highest BCUT2D eigenvalue weighted by molar-refractivity contribution is 6.07. The number of hydrogen-bond donors (Lipinski definition) is 1. The highest BCUT2D eigenvalue weighted by Crippen LogP contribution is 2.38. The quantitative estimate of drug-likeness (QED) is 0.823. The predicted octanol–water partition coefficient (Wildman–Crippen LogP) is 4.54. The van der Waals surface area contributed by atoms with Gasteiger partial charge in [-0.15, -0.1) is 0 Å². The average molecular weight is 330 g/mol. The smallest absolute Gasteiger partial charge is 0.170 e. The number of benzene rings is 2. The molecule has 0 saturated carbocycles. The number of fused-ring (bicyclic) bond motifs is 2. The fourth-order valence-corrected chi connectivity index (χ4v) is 3.30. The van der Waals surface area contributed by atoms with E-state index in [0.29, 0.717) is 17.8 Å². The zero-order chi connectivity index (χ0) is 17.4. The van der Waals surface area contributed by atoms with Crippen LogP contribution < -0.4 is 0 Å². The van der Waals surface area contributed by atoms with Crippen molar-refractivity contribution in [2.45, 2.75) is 19.3 Å². The number of carbonyl (C=O) groups excluding carboxylic acids is 1. The van der Waals surface area contributed by atoms with E-state index >= 15 is 0 Å². The number of allylic oxidation sites excluding steroid dienone is 2. The summed E-state index contributed by atoms with van der Waals surface area (Å²) in [6.45, 7) is 2.00. The van der Waals surface area contributed by atoms with Gasteiger partial charge in [0.2, 0.25) is 0 Å². The van der Waals surface area contributed by atoms with Crippen molar-refractivity contribution in [3.63, 3.8) is 0 Å². The third kappa shape index (κ3) is 2.81. The summed E-state index contributed by atoms with van der Waals surface area (Å²) >= 11 is 0. The molecule has 1 atom stereocenters. The van der Waals surface area contributed by atoms with E-state index in [1.54, 1.807) is 12.3 Å². The van der Waals surface area contributed by atoms with Gasteiger partial charge in [0.15, 0.2) is 11.6 Å². The van der Waals surface area contributed by atoms with Crippen LogP contribution in [0.25, 0.3) is 0 Å². The Hall–Kier alpha value is -2.98. The number of carbonyl (C=O) groups is 1. The lowest BCUT2D eigenvalue weighted by molar-refractivity contribution is 0.0372. The molecule has 1 N–H and O–H groups in total. The molecular weight excluding hydrogens is 312 g/mol. The van der Waals surface area contributed by atoms with Crippen LogP contribution in [0.15, 0.2) is 77.4 Å². The molecule has 2 heterocycles. The van der Waals surface area contributed by atoms with Crippen LogP contribution in [0.5, 0.6) is 0 Å². The lowest BCUT2D eigenvalue weighted by Crippen LogP contribution is -2.26. The average Bonchev–Trinajstić information content (AvgIpc) is 2.80. The number of hydroxylamine groups is 2. The fourth-order valence-electron chi connectivity index (χ4n) is 3.30. The van der Waals surface area contributed by atoms with Crippen molar-refractivity contribution >= 4 is 17.3 Å². The first-order chi connectivity index (χ1) is 12.1. The number of amidine groups is 1. The standard InChI is InChI=1S/C21H18N2O2/c1-14-8-10-15(11-9-14)20(24)18-13-16-5-4-12-23(25)21(16)22-19-7-3-2-6-17(18)19/h2-12,18,25H,13H2,1H3. The molecule has 4 nitrogen and oxygen atoms in total. The van der Waals surface area contributed by atoms with Crippen LogP contribution in [0.3, 0.4) is 0 Å². The largest absolute Gasteiger partial charge is 0.293 e. The molecular formula is C21H18N2O2. The van der Waals surface area contributed by atoms with Crippen LogP contribution in [0, 0.1) is 6.92 Å². The van der Waals surface area contributed by atoms with Gasteiger partial charge in [0.1, 0.15) is 0 Å². The van der Waals surface area contributed by atoms with Gasteiger partial charge in [-0.3, -0.25) is 10.0 Å². The van der Waals surface area contributed by atoms with Gasteiger partial charge in [0.25, 0.3) is 0 Å². The van der Waals surface area contributed by atoms with Crippen molar-refractivity contribution in [1.82, 2.24) is 5.06 Å². The van der Waals surface area contributed by atoms with E-state index < -0.39 is 0 Å². The number of Topliss-reactive ketones (excluding diaryl/α,β-unsaturated/α-hetero) is 1. The van der Waals surface area contributed by atoms with Crippen molar-refractivity contribution in [3.05, 3.63) is 89.1 Å². The van der Waals surface area contributed by atoms with Crippen LogP contribution in [0.4, 0.5) is 5.69 Å². The zero-order valence-corrected chi connectivity index (χ0v) is 13.9. The Morgan fingerprint density at radius 1 is 1.16 bits per heavy atom. The summed E-state index contributed by atoms with van der Waals surface area (Å²) in [4.78, 5) is 17.8. The van der Waals surface area contributed by atoms with Crippen molar-refractivity contribution in [3.8, 4) is 0 Å². The van der Waals surface area contributed by atoms with Gasteiger partial charge in [-0.2, -0.15) is 0 Å². The monoisotopic (exact) mass is 330 g/mol.